The molecule has 0 aliphatic heterocycles. The van der Waals surface area contributed by atoms with E-state index in [1.807, 2.05) is 0 Å². The van der Waals surface area contributed by atoms with Gasteiger partial charge in [-0.3, -0.25) is 0 Å². The van der Waals surface area contributed by atoms with Gasteiger partial charge in [0, 0.05) is 39.5 Å². The molecular formula is C65H76N2. The van der Waals surface area contributed by atoms with Crippen LogP contribution in [-0.4, -0.2) is 0 Å². The number of nitrogens with zero attached hydrogens (tertiary/aromatic N) is 2. The molecule has 0 aromatic heterocycles. The van der Waals surface area contributed by atoms with Crippen molar-refractivity contribution in [1.29, 1.82) is 0 Å². The van der Waals surface area contributed by atoms with Gasteiger partial charge in [0.2, 0.25) is 0 Å². The molecule has 2 saturated carbocycles. The number of unbranched alkanes of at least 4 members (excludes halogenated alkanes) is 10. The highest BCUT2D eigenvalue weighted by atomic mass is 15.1. The zero-order valence-corrected chi connectivity index (χ0v) is 41.0. The van der Waals surface area contributed by atoms with Crippen LogP contribution in [0.1, 0.15) is 212 Å². The van der Waals surface area contributed by atoms with Crippen LogP contribution in [0.25, 0.3) is 11.1 Å². The van der Waals surface area contributed by atoms with Crippen molar-refractivity contribution < 1.29 is 0 Å². The lowest BCUT2D eigenvalue weighted by Gasteiger charge is -2.39. The maximum atomic E-state index is 2.68. The van der Waals surface area contributed by atoms with Crippen LogP contribution in [0.2, 0.25) is 0 Å². The Balaban J connectivity index is 1.05. The molecule has 0 spiro atoms. The summed E-state index contributed by atoms with van der Waals surface area (Å²) in [4.78, 5) is 5.19. The molecule has 0 radical (unpaired) electrons. The van der Waals surface area contributed by atoms with Crippen molar-refractivity contribution in [2.45, 2.75) is 184 Å². The second-order valence-electron chi connectivity index (χ2n) is 21.6. The van der Waals surface area contributed by atoms with Crippen LogP contribution in [-0.2, 0) is 5.41 Å². The highest BCUT2D eigenvalue weighted by molar-refractivity contribution is 5.89. The highest BCUT2D eigenvalue weighted by Crippen LogP contribution is 2.58. The number of benzene rings is 6. The molecular weight excluding hydrogens is 809 g/mol. The molecule has 0 amide bonds. The normalized spacial score (nSPS) is 20.3. The van der Waals surface area contributed by atoms with E-state index in [2.05, 4.69) is 157 Å². The number of anilines is 6. The Morgan fingerprint density at radius 3 is 1.09 bits per heavy atom. The van der Waals surface area contributed by atoms with E-state index in [9.17, 15) is 0 Å². The molecule has 0 saturated heterocycles. The van der Waals surface area contributed by atoms with Crippen LogP contribution in [0.4, 0.5) is 34.1 Å². The topological polar surface area (TPSA) is 6.48 Å². The molecule has 0 heterocycles. The third-order valence-corrected chi connectivity index (χ3v) is 17.7. The predicted molar refractivity (Wildman–Crippen MR) is 286 cm³/mol. The van der Waals surface area contributed by atoms with E-state index >= 15 is 0 Å². The minimum absolute atomic E-state index is 0.0685. The monoisotopic (exact) mass is 885 g/mol. The second kappa shape index (κ2) is 19.9. The van der Waals surface area contributed by atoms with Crippen molar-refractivity contribution >= 4 is 34.1 Å². The van der Waals surface area contributed by atoms with Crippen LogP contribution in [0.15, 0.2) is 133 Å². The molecule has 2 nitrogen and oxygen atoms in total. The van der Waals surface area contributed by atoms with Crippen LogP contribution in [0, 0.1) is 0 Å². The molecule has 7 aliphatic rings. The second-order valence-corrected chi connectivity index (χ2v) is 21.6. The molecule has 6 aromatic carbocycles. The highest BCUT2D eigenvalue weighted by Gasteiger charge is 2.44. The Kier molecular flexibility index (Phi) is 13.2. The smallest absolute Gasteiger partial charge is 0.0465 e. The summed E-state index contributed by atoms with van der Waals surface area (Å²) in [5.74, 6) is 2.89. The van der Waals surface area contributed by atoms with Crippen molar-refractivity contribution in [1.82, 2.24) is 0 Å². The van der Waals surface area contributed by atoms with Crippen molar-refractivity contribution in [3.8, 4) is 11.1 Å². The zero-order chi connectivity index (χ0) is 45.2. The molecule has 13 rings (SSSR count). The molecule has 346 valence electrons. The van der Waals surface area contributed by atoms with E-state index in [4.69, 9.17) is 0 Å². The maximum absolute atomic E-state index is 2.68. The summed E-state index contributed by atoms with van der Waals surface area (Å²) in [5.41, 5.74) is 20.2. The Labute approximate surface area is 404 Å². The van der Waals surface area contributed by atoms with Gasteiger partial charge < -0.3 is 9.80 Å². The summed E-state index contributed by atoms with van der Waals surface area (Å²) < 4.78 is 0. The van der Waals surface area contributed by atoms with Gasteiger partial charge in [-0.05, 0) is 205 Å². The van der Waals surface area contributed by atoms with Gasteiger partial charge in [0.05, 0.1) is 0 Å². The summed E-state index contributed by atoms with van der Waals surface area (Å²) in [6.07, 6.45) is 29.0. The van der Waals surface area contributed by atoms with Crippen LogP contribution in [0.3, 0.4) is 0 Å². The zero-order valence-electron chi connectivity index (χ0n) is 41.0. The summed E-state index contributed by atoms with van der Waals surface area (Å²) in [5, 5.41) is 0. The van der Waals surface area contributed by atoms with E-state index in [-0.39, 0.29) is 5.41 Å². The van der Waals surface area contributed by atoms with E-state index in [0.717, 1.165) is 11.8 Å². The number of para-hydroxylation sites is 2. The minimum Gasteiger partial charge on any atom is -0.310 e. The summed E-state index contributed by atoms with van der Waals surface area (Å²) >= 11 is 0. The predicted octanol–water partition coefficient (Wildman–Crippen LogP) is 19.9. The van der Waals surface area contributed by atoms with Crippen molar-refractivity contribution in [3.05, 3.63) is 167 Å². The van der Waals surface area contributed by atoms with Gasteiger partial charge in [0.1, 0.15) is 0 Å². The third kappa shape index (κ3) is 8.59. The van der Waals surface area contributed by atoms with E-state index < -0.39 is 0 Å². The lowest BCUT2D eigenvalue weighted by atomic mass is 9.67. The Morgan fingerprint density at radius 2 is 0.687 bits per heavy atom. The van der Waals surface area contributed by atoms with E-state index in [1.165, 1.54) is 187 Å². The first kappa shape index (κ1) is 44.4. The average Bonchev–Trinajstić information content (AvgIpc) is 3.65. The van der Waals surface area contributed by atoms with Crippen molar-refractivity contribution in [2.24, 2.45) is 0 Å². The van der Waals surface area contributed by atoms with Gasteiger partial charge >= 0.3 is 0 Å². The SMILES string of the molecule is CCCCCCCCC1(CCCCCCCC)c2cc(N(c3ccccc3)c3ccc4c(c3)C3CCC4CC3)ccc2-c2ccc(N(c3ccccc3)c3ccc4c(c3)C3CCC4CC3)cc21. The molecule has 7 aliphatic carbocycles. The Hall–Kier alpha value is -5.08. The fourth-order valence-corrected chi connectivity index (χ4v) is 14.2. The van der Waals surface area contributed by atoms with Crippen LogP contribution in [0.5, 0.6) is 0 Å². The first-order valence-electron chi connectivity index (χ1n) is 27.4. The fraction of sp³-hybridized carbons (Fsp3) is 0.446. The van der Waals surface area contributed by atoms with Gasteiger partial charge in [0.25, 0.3) is 0 Å². The molecule has 0 unspecified atom stereocenters. The molecule has 0 N–H and O–H groups in total. The lowest BCUT2D eigenvalue weighted by molar-refractivity contribution is 0.359. The van der Waals surface area contributed by atoms with Gasteiger partial charge in [0.15, 0.2) is 0 Å². The largest absolute Gasteiger partial charge is 0.310 e. The molecule has 2 fully saturated rings. The van der Waals surface area contributed by atoms with Gasteiger partial charge in [-0.15, -0.1) is 0 Å². The summed E-state index contributed by atoms with van der Waals surface area (Å²) in [6, 6.07) is 52.9. The minimum atomic E-state index is -0.0685. The van der Waals surface area contributed by atoms with E-state index in [0.29, 0.717) is 11.8 Å². The van der Waals surface area contributed by atoms with Crippen molar-refractivity contribution in [2.75, 3.05) is 9.80 Å². The number of hydrogen-bond acceptors (Lipinski definition) is 2. The molecule has 4 bridgehead atoms. The first-order valence-corrected chi connectivity index (χ1v) is 27.4. The molecule has 2 heteroatoms. The summed E-state index contributed by atoms with van der Waals surface area (Å²) in [7, 11) is 0. The maximum Gasteiger partial charge on any atom is 0.0465 e. The molecule has 0 atom stereocenters. The third-order valence-electron chi connectivity index (χ3n) is 17.7. The lowest BCUT2D eigenvalue weighted by Crippen LogP contribution is -2.26. The van der Waals surface area contributed by atoms with Crippen molar-refractivity contribution in [3.63, 3.8) is 0 Å². The average molecular weight is 885 g/mol. The van der Waals surface area contributed by atoms with Crippen LogP contribution >= 0.6 is 0 Å². The number of rotatable bonds is 20. The van der Waals surface area contributed by atoms with Gasteiger partial charge in [-0.25, -0.2) is 0 Å². The first-order chi connectivity index (χ1) is 33.1. The number of fused-ring (bicyclic) bond motifs is 7. The van der Waals surface area contributed by atoms with E-state index in [1.54, 1.807) is 33.4 Å². The van der Waals surface area contributed by atoms with Gasteiger partial charge in [-0.2, -0.15) is 0 Å². The van der Waals surface area contributed by atoms with Crippen LogP contribution < -0.4 is 9.80 Å². The number of hydrogen-bond donors (Lipinski definition) is 0. The van der Waals surface area contributed by atoms with Gasteiger partial charge in [-0.1, -0.05) is 152 Å². The Bertz CT molecular complexity index is 2430. The summed E-state index contributed by atoms with van der Waals surface area (Å²) in [6.45, 7) is 4.69. The standard InChI is InChI=1S/C65H76N2/c1-3-5-7-9-11-19-41-65(42-20-12-10-8-6-4-2)63-45-55(66(51-21-15-13-16-22-51)53-33-37-57-47-25-29-49(30-26-47)61(57)43-53)35-39-59(63)60-40-36-56(46-64(60)65)67(52-23-17-14-18-24-52)54-34-38-58-48-27-31-50(32-28-48)62(58)44-54/h13-18,21-24,33-40,43-50H,3-12,19-20,25-32,41-42H2,1-2H3. The quantitative estimate of drug-likeness (QED) is 0.0705. The molecule has 6 aromatic rings. The molecule has 67 heavy (non-hydrogen) atoms. The fourth-order valence-electron chi connectivity index (χ4n) is 14.2. The Morgan fingerprint density at radius 1 is 0.343 bits per heavy atom.